The molecule has 3 rings (SSSR count). The predicted octanol–water partition coefficient (Wildman–Crippen LogP) is 3.56. The second-order valence-corrected chi connectivity index (χ2v) is 7.61. The number of thioether (sulfide) groups is 1. The molecule has 6 nitrogen and oxygen atoms in total. The van der Waals surface area contributed by atoms with Crippen LogP contribution in [0.3, 0.4) is 0 Å². The third-order valence-electron chi connectivity index (χ3n) is 4.16. The van der Waals surface area contributed by atoms with E-state index in [-0.39, 0.29) is 12.5 Å². The molecule has 1 aromatic heterocycles. The first-order chi connectivity index (χ1) is 12.0. The second-order valence-electron chi connectivity index (χ2n) is 6.27. The van der Waals surface area contributed by atoms with Gasteiger partial charge in [-0.2, -0.15) is 5.10 Å². The van der Waals surface area contributed by atoms with Crippen molar-refractivity contribution in [3.05, 3.63) is 41.6 Å². The van der Waals surface area contributed by atoms with Gasteiger partial charge in [0, 0.05) is 22.4 Å². The van der Waals surface area contributed by atoms with Crippen molar-refractivity contribution >= 4 is 29.5 Å². The zero-order chi connectivity index (χ0) is 17.8. The van der Waals surface area contributed by atoms with Gasteiger partial charge in [-0.25, -0.2) is 0 Å². The van der Waals surface area contributed by atoms with Crippen molar-refractivity contribution in [2.75, 3.05) is 5.32 Å². The zero-order valence-corrected chi connectivity index (χ0v) is 14.9. The average molecular weight is 359 g/mol. The van der Waals surface area contributed by atoms with Crippen LogP contribution >= 0.6 is 11.8 Å². The highest BCUT2D eigenvalue weighted by Gasteiger charge is 2.20. The Kier molecular flexibility index (Phi) is 5.43. The maximum atomic E-state index is 12.7. The standard InChI is InChI=1S/C18H21N3O3S/c1-12-6-7-15(25-13-4-2-3-5-13)14(10-12)18(24)19-16-8-9-21(20-16)11-17(22)23/h6-10,13H,2-5,11H2,1H3,(H,22,23)(H,19,20,24). The van der Waals surface area contributed by atoms with Crippen LogP contribution in [-0.4, -0.2) is 32.0 Å². The van der Waals surface area contributed by atoms with Gasteiger partial charge in [0.1, 0.15) is 6.54 Å². The van der Waals surface area contributed by atoms with Gasteiger partial charge in [-0.3, -0.25) is 14.3 Å². The van der Waals surface area contributed by atoms with E-state index in [9.17, 15) is 9.59 Å². The summed E-state index contributed by atoms with van der Waals surface area (Å²) in [6, 6.07) is 7.52. The zero-order valence-electron chi connectivity index (χ0n) is 14.1. The van der Waals surface area contributed by atoms with Crippen LogP contribution in [0.2, 0.25) is 0 Å². The first kappa shape index (κ1) is 17.5. The van der Waals surface area contributed by atoms with E-state index in [0.29, 0.717) is 16.6 Å². The molecule has 0 aliphatic heterocycles. The third kappa shape index (κ3) is 4.63. The molecule has 1 fully saturated rings. The SMILES string of the molecule is Cc1ccc(SC2CCCC2)c(C(=O)Nc2ccn(CC(=O)O)n2)c1. The molecule has 1 saturated carbocycles. The summed E-state index contributed by atoms with van der Waals surface area (Å²) < 4.78 is 1.28. The van der Waals surface area contributed by atoms with Gasteiger partial charge in [-0.15, -0.1) is 11.8 Å². The summed E-state index contributed by atoms with van der Waals surface area (Å²) in [6.45, 7) is 1.73. The molecule has 1 heterocycles. The molecule has 1 aliphatic rings. The van der Waals surface area contributed by atoms with Gasteiger partial charge in [0.2, 0.25) is 0 Å². The normalized spacial score (nSPS) is 14.6. The first-order valence-corrected chi connectivity index (χ1v) is 9.23. The number of hydrogen-bond donors (Lipinski definition) is 2. The fourth-order valence-corrected chi connectivity index (χ4v) is 4.30. The number of nitrogens with one attached hydrogen (secondary N) is 1. The highest BCUT2D eigenvalue weighted by atomic mass is 32.2. The number of hydrogen-bond acceptors (Lipinski definition) is 4. The van der Waals surface area contributed by atoms with E-state index in [2.05, 4.69) is 10.4 Å². The topological polar surface area (TPSA) is 84.2 Å². The van der Waals surface area contributed by atoms with Gasteiger partial charge in [-0.1, -0.05) is 24.5 Å². The lowest BCUT2D eigenvalue weighted by molar-refractivity contribution is -0.137. The number of carboxylic acids is 1. The average Bonchev–Trinajstić information content (AvgIpc) is 3.20. The number of aliphatic carboxylic acids is 1. The van der Waals surface area contributed by atoms with Crippen LogP contribution in [0.4, 0.5) is 5.82 Å². The summed E-state index contributed by atoms with van der Waals surface area (Å²) >= 11 is 1.77. The number of benzene rings is 1. The van der Waals surface area contributed by atoms with Crippen molar-refractivity contribution in [1.29, 1.82) is 0 Å². The number of carbonyl (C=O) groups is 2. The largest absolute Gasteiger partial charge is 0.480 e. The summed E-state index contributed by atoms with van der Waals surface area (Å²) in [5.74, 6) is -0.843. The van der Waals surface area contributed by atoms with Crippen LogP contribution in [-0.2, 0) is 11.3 Å². The Morgan fingerprint density at radius 1 is 1.32 bits per heavy atom. The lowest BCUT2D eigenvalue weighted by atomic mass is 10.1. The van der Waals surface area contributed by atoms with E-state index in [1.54, 1.807) is 17.8 Å². The highest BCUT2D eigenvalue weighted by molar-refractivity contribution is 8.00. The first-order valence-electron chi connectivity index (χ1n) is 8.35. The van der Waals surface area contributed by atoms with Crippen LogP contribution in [0.5, 0.6) is 0 Å². The van der Waals surface area contributed by atoms with Crippen LogP contribution in [0.15, 0.2) is 35.4 Å². The maximum Gasteiger partial charge on any atom is 0.325 e. The van der Waals surface area contributed by atoms with Crippen LogP contribution in [0.25, 0.3) is 0 Å². The van der Waals surface area contributed by atoms with Crippen molar-refractivity contribution in [1.82, 2.24) is 9.78 Å². The van der Waals surface area contributed by atoms with E-state index >= 15 is 0 Å². The van der Waals surface area contributed by atoms with Crippen molar-refractivity contribution in [2.45, 2.75) is 49.3 Å². The molecule has 1 amide bonds. The molecule has 0 unspecified atom stereocenters. The number of rotatable bonds is 6. The van der Waals surface area contributed by atoms with E-state index in [0.717, 1.165) is 10.5 Å². The minimum atomic E-state index is -0.977. The van der Waals surface area contributed by atoms with Crippen molar-refractivity contribution in [3.63, 3.8) is 0 Å². The molecule has 2 aromatic rings. The number of aromatic nitrogens is 2. The second kappa shape index (κ2) is 7.74. The summed E-state index contributed by atoms with van der Waals surface area (Å²) in [4.78, 5) is 24.4. The Morgan fingerprint density at radius 2 is 2.08 bits per heavy atom. The number of carbonyl (C=O) groups excluding carboxylic acids is 1. The Balaban J connectivity index is 1.75. The lowest BCUT2D eigenvalue weighted by Gasteiger charge is -2.13. The maximum absolute atomic E-state index is 12.7. The summed E-state index contributed by atoms with van der Waals surface area (Å²) in [5, 5.41) is 16.2. The number of nitrogens with zero attached hydrogens (tertiary/aromatic N) is 2. The molecule has 132 valence electrons. The molecular weight excluding hydrogens is 338 g/mol. The number of aryl methyl sites for hydroxylation is 1. The summed E-state index contributed by atoms with van der Waals surface area (Å²) in [5.41, 5.74) is 1.67. The van der Waals surface area contributed by atoms with E-state index in [4.69, 9.17) is 5.11 Å². The van der Waals surface area contributed by atoms with Gasteiger partial charge in [0.25, 0.3) is 5.91 Å². The Morgan fingerprint density at radius 3 is 2.80 bits per heavy atom. The monoisotopic (exact) mass is 359 g/mol. The summed E-state index contributed by atoms with van der Waals surface area (Å²) in [6.07, 6.45) is 6.44. The summed E-state index contributed by atoms with van der Waals surface area (Å²) in [7, 11) is 0. The Bertz CT molecular complexity index is 782. The molecule has 0 bridgehead atoms. The molecular formula is C18H21N3O3S. The quantitative estimate of drug-likeness (QED) is 0.824. The molecule has 0 saturated heterocycles. The minimum Gasteiger partial charge on any atom is -0.480 e. The van der Waals surface area contributed by atoms with Crippen LogP contribution in [0.1, 0.15) is 41.6 Å². The van der Waals surface area contributed by atoms with Crippen molar-refractivity contribution < 1.29 is 14.7 Å². The van der Waals surface area contributed by atoms with Crippen LogP contribution < -0.4 is 5.32 Å². The number of anilines is 1. The molecule has 25 heavy (non-hydrogen) atoms. The Hall–Kier alpha value is -2.28. The molecule has 7 heteroatoms. The van der Waals surface area contributed by atoms with Crippen molar-refractivity contribution in [2.24, 2.45) is 0 Å². The molecule has 0 spiro atoms. The smallest absolute Gasteiger partial charge is 0.325 e. The van der Waals surface area contributed by atoms with Crippen molar-refractivity contribution in [3.8, 4) is 0 Å². The highest BCUT2D eigenvalue weighted by Crippen LogP contribution is 2.36. The van der Waals surface area contributed by atoms with Gasteiger partial charge >= 0.3 is 5.97 Å². The predicted molar refractivity (Wildman–Crippen MR) is 97.1 cm³/mol. The molecule has 0 atom stereocenters. The molecule has 1 aromatic carbocycles. The van der Waals surface area contributed by atoms with Gasteiger partial charge in [0.05, 0.1) is 5.56 Å². The Labute approximate surface area is 150 Å². The van der Waals surface area contributed by atoms with Gasteiger partial charge in [-0.05, 0) is 31.9 Å². The van der Waals surface area contributed by atoms with E-state index in [1.165, 1.54) is 36.6 Å². The number of amides is 1. The molecule has 2 N–H and O–H groups in total. The van der Waals surface area contributed by atoms with E-state index < -0.39 is 5.97 Å². The fourth-order valence-electron chi connectivity index (χ4n) is 2.95. The van der Waals surface area contributed by atoms with Crippen LogP contribution in [0, 0.1) is 6.92 Å². The molecule has 0 radical (unpaired) electrons. The van der Waals surface area contributed by atoms with E-state index in [1.807, 2.05) is 25.1 Å². The lowest BCUT2D eigenvalue weighted by Crippen LogP contribution is -2.15. The molecule has 1 aliphatic carbocycles. The van der Waals surface area contributed by atoms with Gasteiger partial charge < -0.3 is 10.4 Å². The third-order valence-corrected chi connectivity index (χ3v) is 5.57. The number of carboxylic acid groups (broad SMARTS) is 1. The minimum absolute atomic E-state index is 0.218. The fraction of sp³-hybridized carbons (Fsp3) is 0.389. The van der Waals surface area contributed by atoms with Gasteiger partial charge in [0.15, 0.2) is 5.82 Å².